The topological polar surface area (TPSA) is 104 Å². The zero-order chi connectivity index (χ0) is 15.3. The average molecular weight is 333 g/mol. The van der Waals surface area contributed by atoms with Crippen LogP contribution in [0.1, 0.15) is 29.2 Å². The van der Waals surface area contributed by atoms with Crippen LogP contribution in [-0.4, -0.2) is 38.7 Å². The number of esters is 1. The Bertz CT molecular complexity index is 511. The van der Waals surface area contributed by atoms with Gasteiger partial charge in [-0.3, -0.25) is 4.79 Å². The van der Waals surface area contributed by atoms with Gasteiger partial charge in [0.05, 0.1) is 19.1 Å². The number of rotatable bonds is 5. The smallest absolute Gasteiger partial charge is 0.373 e. The molecule has 0 saturated carbocycles. The molecule has 22 heavy (non-hydrogen) atoms. The van der Waals surface area contributed by atoms with Crippen LogP contribution in [-0.2, 0) is 20.8 Å². The summed E-state index contributed by atoms with van der Waals surface area (Å²) in [6, 6.07) is 3.14. The number of methoxy groups -OCH3 is 1. The monoisotopic (exact) mass is 332 g/mol. The van der Waals surface area contributed by atoms with Crippen molar-refractivity contribution in [3.05, 3.63) is 23.7 Å². The molecule has 1 aromatic heterocycles. The standard InChI is InChI=1S/C14H20N2O5.ClH/c1-19-12(17)11-3-2-10(21-11)8-16-13(18)14(9-15)4-6-20-7-5-14;/h2-3H,4-9,15H2,1H3,(H,16,18);1H. The maximum atomic E-state index is 12.3. The van der Waals surface area contributed by atoms with Crippen molar-refractivity contribution < 1.29 is 23.5 Å². The van der Waals surface area contributed by atoms with Crippen molar-refractivity contribution in [2.75, 3.05) is 26.9 Å². The molecular weight excluding hydrogens is 312 g/mol. The second-order valence-electron chi connectivity index (χ2n) is 5.04. The van der Waals surface area contributed by atoms with Gasteiger partial charge in [0.15, 0.2) is 0 Å². The van der Waals surface area contributed by atoms with Crippen molar-refractivity contribution in [1.82, 2.24) is 5.32 Å². The molecule has 1 fully saturated rings. The van der Waals surface area contributed by atoms with E-state index in [-0.39, 0.29) is 37.2 Å². The summed E-state index contributed by atoms with van der Waals surface area (Å²) in [5.41, 5.74) is 5.20. The van der Waals surface area contributed by atoms with Crippen molar-refractivity contribution in [2.45, 2.75) is 19.4 Å². The van der Waals surface area contributed by atoms with Crippen molar-refractivity contribution in [3.63, 3.8) is 0 Å². The number of nitrogens with two attached hydrogens (primary N) is 1. The van der Waals surface area contributed by atoms with Crippen molar-refractivity contribution in [2.24, 2.45) is 11.1 Å². The van der Waals surface area contributed by atoms with Crippen molar-refractivity contribution in [1.29, 1.82) is 0 Å². The van der Waals surface area contributed by atoms with Crippen LogP contribution in [0, 0.1) is 5.41 Å². The van der Waals surface area contributed by atoms with Crippen LogP contribution < -0.4 is 11.1 Å². The number of hydrogen-bond donors (Lipinski definition) is 2. The summed E-state index contributed by atoms with van der Waals surface area (Å²) >= 11 is 0. The van der Waals surface area contributed by atoms with Gasteiger partial charge in [-0.05, 0) is 25.0 Å². The fourth-order valence-corrected chi connectivity index (χ4v) is 2.32. The minimum atomic E-state index is -0.573. The maximum Gasteiger partial charge on any atom is 0.373 e. The van der Waals surface area contributed by atoms with E-state index in [4.69, 9.17) is 14.9 Å². The summed E-state index contributed by atoms with van der Waals surface area (Å²) in [5.74, 6) is -0.0518. The Morgan fingerprint density at radius 1 is 1.36 bits per heavy atom. The van der Waals surface area contributed by atoms with Crippen LogP contribution in [0.4, 0.5) is 0 Å². The lowest BCUT2D eigenvalue weighted by atomic mass is 9.79. The number of nitrogens with one attached hydrogen (secondary N) is 1. The molecule has 3 N–H and O–H groups in total. The summed E-state index contributed by atoms with van der Waals surface area (Å²) in [6.07, 6.45) is 1.22. The van der Waals surface area contributed by atoms with Gasteiger partial charge < -0.3 is 24.9 Å². The highest BCUT2D eigenvalue weighted by molar-refractivity contribution is 5.86. The fraction of sp³-hybridized carbons (Fsp3) is 0.571. The van der Waals surface area contributed by atoms with E-state index in [1.165, 1.54) is 13.2 Å². The molecule has 2 heterocycles. The second kappa shape index (κ2) is 8.17. The van der Waals surface area contributed by atoms with Gasteiger partial charge in [0.1, 0.15) is 5.76 Å². The summed E-state index contributed by atoms with van der Waals surface area (Å²) in [5, 5.41) is 2.81. The summed E-state index contributed by atoms with van der Waals surface area (Å²) < 4.78 is 15.1. The van der Waals surface area contributed by atoms with Gasteiger partial charge in [-0.1, -0.05) is 0 Å². The van der Waals surface area contributed by atoms with Gasteiger partial charge in [-0.25, -0.2) is 4.79 Å². The number of ether oxygens (including phenoxy) is 2. The maximum absolute atomic E-state index is 12.3. The van der Waals surface area contributed by atoms with Crippen LogP contribution in [0.5, 0.6) is 0 Å². The zero-order valence-corrected chi connectivity index (χ0v) is 13.2. The Kier molecular flexibility index (Phi) is 6.86. The van der Waals surface area contributed by atoms with E-state index in [1.807, 2.05) is 0 Å². The number of furan rings is 1. The predicted molar refractivity (Wildman–Crippen MR) is 80.7 cm³/mol. The highest BCUT2D eigenvalue weighted by Gasteiger charge is 2.38. The molecule has 0 radical (unpaired) electrons. The Morgan fingerprint density at radius 2 is 2.05 bits per heavy atom. The van der Waals surface area contributed by atoms with E-state index in [0.29, 0.717) is 31.8 Å². The Hall–Kier alpha value is -1.57. The molecule has 8 heteroatoms. The van der Waals surface area contributed by atoms with E-state index < -0.39 is 11.4 Å². The zero-order valence-electron chi connectivity index (χ0n) is 12.4. The van der Waals surface area contributed by atoms with Crippen LogP contribution in [0.3, 0.4) is 0 Å². The summed E-state index contributed by atoms with van der Waals surface area (Å²) in [7, 11) is 1.28. The second-order valence-corrected chi connectivity index (χ2v) is 5.04. The first-order chi connectivity index (χ1) is 10.1. The predicted octanol–water partition coefficient (Wildman–Crippen LogP) is 0.860. The minimum Gasteiger partial charge on any atom is -0.463 e. The highest BCUT2D eigenvalue weighted by Crippen LogP contribution is 2.29. The molecule has 0 aliphatic carbocycles. The van der Waals surface area contributed by atoms with Gasteiger partial charge in [0, 0.05) is 19.8 Å². The van der Waals surface area contributed by atoms with E-state index in [1.54, 1.807) is 6.07 Å². The van der Waals surface area contributed by atoms with Crippen LogP contribution in [0.25, 0.3) is 0 Å². The minimum absolute atomic E-state index is 0. The molecule has 0 unspecified atom stereocenters. The van der Waals surface area contributed by atoms with Crippen molar-refractivity contribution >= 4 is 24.3 Å². The summed E-state index contributed by atoms with van der Waals surface area (Å²) in [4.78, 5) is 23.6. The first kappa shape index (κ1) is 18.5. The number of carbonyl (C=O) groups excluding carboxylic acids is 2. The Labute approximate surface area is 134 Å². The fourth-order valence-electron chi connectivity index (χ4n) is 2.32. The Balaban J connectivity index is 0.00000242. The third-order valence-electron chi connectivity index (χ3n) is 3.79. The van der Waals surface area contributed by atoms with E-state index in [2.05, 4.69) is 10.1 Å². The SMILES string of the molecule is COC(=O)c1ccc(CNC(=O)C2(CN)CCOCC2)o1.Cl. The average Bonchev–Trinajstić information content (AvgIpc) is 3.01. The molecule has 0 bridgehead atoms. The normalized spacial score (nSPS) is 16.5. The largest absolute Gasteiger partial charge is 0.463 e. The third-order valence-corrected chi connectivity index (χ3v) is 3.79. The number of carbonyl (C=O) groups is 2. The lowest BCUT2D eigenvalue weighted by Crippen LogP contribution is -2.48. The number of amides is 1. The van der Waals surface area contributed by atoms with Gasteiger partial charge in [-0.2, -0.15) is 0 Å². The molecule has 0 atom stereocenters. The van der Waals surface area contributed by atoms with Crippen LogP contribution in [0.15, 0.2) is 16.5 Å². The lowest BCUT2D eigenvalue weighted by Gasteiger charge is -2.34. The number of halogens is 1. The molecule has 124 valence electrons. The van der Waals surface area contributed by atoms with Gasteiger partial charge in [-0.15, -0.1) is 12.4 Å². The van der Waals surface area contributed by atoms with Gasteiger partial charge in [0.25, 0.3) is 0 Å². The molecule has 0 spiro atoms. The molecule has 0 aromatic carbocycles. The molecule has 1 aliphatic heterocycles. The summed E-state index contributed by atoms with van der Waals surface area (Å²) in [6.45, 7) is 1.57. The molecule has 1 aromatic rings. The van der Waals surface area contributed by atoms with Gasteiger partial charge >= 0.3 is 5.97 Å². The molecule has 1 saturated heterocycles. The van der Waals surface area contributed by atoms with Crippen LogP contribution >= 0.6 is 12.4 Å². The van der Waals surface area contributed by atoms with E-state index in [9.17, 15) is 9.59 Å². The first-order valence-electron chi connectivity index (χ1n) is 6.84. The van der Waals surface area contributed by atoms with E-state index >= 15 is 0 Å². The van der Waals surface area contributed by atoms with E-state index in [0.717, 1.165) is 0 Å². The highest BCUT2D eigenvalue weighted by atomic mass is 35.5. The first-order valence-corrected chi connectivity index (χ1v) is 6.84. The van der Waals surface area contributed by atoms with Crippen molar-refractivity contribution in [3.8, 4) is 0 Å². The third kappa shape index (κ3) is 4.00. The quantitative estimate of drug-likeness (QED) is 0.775. The van der Waals surface area contributed by atoms with Gasteiger partial charge in [0.2, 0.25) is 11.7 Å². The molecule has 1 aliphatic rings. The molecule has 2 rings (SSSR count). The molecule has 1 amide bonds. The Morgan fingerprint density at radius 3 is 2.64 bits per heavy atom. The lowest BCUT2D eigenvalue weighted by molar-refractivity contribution is -0.136. The molecule has 7 nitrogen and oxygen atoms in total. The van der Waals surface area contributed by atoms with Crippen LogP contribution in [0.2, 0.25) is 0 Å². The molecular formula is C14H21ClN2O5. The number of hydrogen-bond acceptors (Lipinski definition) is 6.